The van der Waals surface area contributed by atoms with Gasteiger partial charge in [0.25, 0.3) is 0 Å². The predicted molar refractivity (Wildman–Crippen MR) is 51.4 cm³/mol. The fraction of sp³-hybridized carbons (Fsp3) is 0.100. The van der Waals surface area contributed by atoms with Gasteiger partial charge in [-0.2, -0.15) is 0 Å². The minimum atomic E-state index is -0.665. The summed E-state index contributed by atoms with van der Waals surface area (Å²) >= 11 is 5.59. The zero-order valence-electron chi connectivity index (χ0n) is 7.51. The van der Waals surface area contributed by atoms with Gasteiger partial charge in [0.15, 0.2) is 12.2 Å². The van der Waals surface area contributed by atoms with Crippen molar-refractivity contribution in [2.75, 3.05) is 0 Å². The number of hydrogen-bond acceptors (Lipinski definition) is 2. The van der Waals surface area contributed by atoms with Gasteiger partial charge in [-0.05, 0) is 12.1 Å². The van der Waals surface area contributed by atoms with Crippen LogP contribution in [0, 0.1) is 11.6 Å². The van der Waals surface area contributed by atoms with Crippen molar-refractivity contribution in [3.8, 4) is 11.3 Å². The minimum absolute atomic E-state index is 0.129. The Kier molecular flexibility index (Phi) is 2.68. The third kappa shape index (κ3) is 1.99. The molecule has 0 saturated heterocycles. The van der Waals surface area contributed by atoms with Crippen molar-refractivity contribution in [3.63, 3.8) is 0 Å². The summed E-state index contributed by atoms with van der Waals surface area (Å²) < 4.78 is 30.9. The van der Waals surface area contributed by atoms with Gasteiger partial charge in [-0.25, -0.2) is 13.8 Å². The molecule has 0 atom stereocenters. The number of nitrogens with zero attached hydrogens (tertiary/aromatic N) is 1. The lowest BCUT2D eigenvalue weighted by Crippen LogP contribution is -1.86. The Bertz CT molecular complexity index is 464. The first-order valence-corrected chi connectivity index (χ1v) is 4.69. The molecule has 2 nitrogen and oxygen atoms in total. The number of aromatic nitrogens is 1. The molecule has 1 aromatic carbocycles. The van der Waals surface area contributed by atoms with Crippen LogP contribution in [0.5, 0.6) is 0 Å². The van der Waals surface area contributed by atoms with Crippen LogP contribution in [0.1, 0.15) is 5.69 Å². The maximum atomic E-state index is 12.9. The zero-order valence-corrected chi connectivity index (χ0v) is 8.26. The highest BCUT2D eigenvalue weighted by Gasteiger charge is 2.11. The quantitative estimate of drug-likeness (QED) is 0.738. The third-order valence-electron chi connectivity index (χ3n) is 1.89. The van der Waals surface area contributed by atoms with Crippen molar-refractivity contribution < 1.29 is 13.2 Å². The molecule has 0 spiro atoms. The van der Waals surface area contributed by atoms with Gasteiger partial charge in [0, 0.05) is 11.6 Å². The topological polar surface area (TPSA) is 26.0 Å². The molecule has 5 heteroatoms. The molecule has 2 rings (SSSR count). The lowest BCUT2D eigenvalue weighted by atomic mass is 10.1. The Balaban J connectivity index is 2.53. The lowest BCUT2D eigenvalue weighted by Gasteiger charge is -1.99. The van der Waals surface area contributed by atoms with Gasteiger partial charge < -0.3 is 4.42 Å². The van der Waals surface area contributed by atoms with Gasteiger partial charge in [0.2, 0.25) is 0 Å². The third-order valence-corrected chi connectivity index (χ3v) is 2.15. The Morgan fingerprint density at radius 3 is 2.47 bits per heavy atom. The van der Waals surface area contributed by atoms with Crippen molar-refractivity contribution in [2.45, 2.75) is 5.88 Å². The van der Waals surface area contributed by atoms with E-state index in [4.69, 9.17) is 16.0 Å². The molecule has 0 aliphatic carbocycles. The predicted octanol–water partition coefficient (Wildman–Crippen LogP) is 3.36. The number of halogens is 3. The van der Waals surface area contributed by atoms with Crippen LogP contribution in [0.2, 0.25) is 0 Å². The van der Waals surface area contributed by atoms with E-state index in [0.29, 0.717) is 17.0 Å². The highest BCUT2D eigenvalue weighted by Crippen LogP contribution is 2.25. The van der Waals surface area contributed by atoms with Crippen LogP contribution in [0.4, 0.5) is 8.78 Å². The molecular formula is C10H6ClF2NO. The summed E-state index contributed by atoms with van der Waals surface area (Å²) in [5.41, 5.74) is 0.752. The van der Waals surface area contributed by atoms with Crippen molar-refractivity contribution in [2.24, 2.45) is 0 Å². The van der Waals surface area contributed by atoms with E-state index >= 15 is 0 Å². The Hall–Kier alpha value is -1.42. The highest BCUT2D eigenvalue weighted by atomic mass is 35.5. The SMILES string of the molecule is Fc1cc(F)cc(-c2ocnc2CCl)c1. The van der Waals surface area contributed by atoms with E-state index in [0.717, 1.165) is 6.07 Å². The van der Waals surface area contributed by atoms with E-state index < -0.39 is 11.6 Å². The molecule has 1 heterocycles. The Labute approximate surface area is 89.5 Å². The van der Waals surface area contributed by atoms with E-state index in [1.807, 2.05) is 0 Å². The molecule has 78 valence electrons. The average molecular weight is 230 g/mol. The van der Waals surface area contributed by atoms with Crippen molar-refractivity contribution in [1.82, 2.24) is 4.98 Å². The first kappa shape index (κ1) is 10.1. The molecule has 15 heavy (non-hydrogen) atoms. The summed E-state index contributed by atoms with van der Waals surface area (Å²) in [5, 5.41) is 0. The summed E-state index contributed by atoms with van der Waals surface area (Å²) in [4.78, 5) is 3.83. The molecule has 0 fully saturated rings. The molecule has 0 aliphatic rings. The van der Waals surface area contributed by atoms with E-state index in [2.05, 4.69) is 4.98 Å². The fourth-order valence-corrected chi connectivity index (χ4v) is 1.47. The standard InChI is InChI=1S/C10H6ClF2NO/c11-4-9-10(15-5-14-9)6-1-7(12)3-8(13)2-6/h1-3,5H,4H2. The van der Waals surface area contributed by atoms with E-state index in [1.165, 1.54) is 18.5 Å². The second kappa shape index (κ2) is 3.98. The number of oxazole rings is 1. The highest BCUT2D eigenvalue weighted by molar-refractivity contribution is 6.17. The van der Waals surface area contributed by atoms with Crippen LogP contribution in [0.15, 0.2) is 29.0 Å². The molecule has 2 aromatic rings. The van der Waals surface area contributed by atoms with Gasteiger partial charge in [-0.15, -0.1) is 11.6 Å². The van der Waals surface area contributed by atoms with Crippen LogP contribution >= 0.6 is 11.6 Å². The monoisotopic (exact) mass is 229 g/mol. The van der Waals surface area contributed by atoms with E-state index in [1.54, 1.807) is 0 Å². The molecule has 0 aliphatic heterocycles. The number of hydrogen-bond donors (Lipinski definition) is 0. The number of rotatable bonds is 2. The molecule has 0 amide bonds. The van der Waals surface area contributed by atoms with Crippen molar-refractivity contribution >= 4 is 11.6 Å². The van der Waals surface area contributed by atoms with Gasteiger partial charge >= 0.3 is 0 Å². The minimum Gasteiger partial charge on any atom is -0.443 e. The molecule has 0 N–H and O–H groups in total. The molecule has 1 aromatic heterocycles. The molecule has 0 unspecified atom stereocenters. The maximum Gasteiger partial charge on any atom is 0.181 e. The molecule has 0 saturated carbocycles. The Morgan fingerprint density at radius 1 is 1.20 bits per heavy atom. The maximum absolute atomic E-state index is 12.9. The summed E-state index contributed by atoms with van der Waals surface area (Å²) in [6.07, 6.45) is 1.19. The Morgan fingerprint density at radius 2 is 1.87 bits per heavy atom. The summed E-state index contributed by atoms with van der Waals surface area (Å²) in [6.45, 7) is 0. The van der Waals surface area contributed by atoms with Gasteiger partial charge in [-0.1, -0.05) is 0 Å². The fourth-order valence-electron chi connectivity index (χ4n) is 1.28. The zero-order chi connectivity index (χ0) is 10.8. The van der Waals surface area contributed by atoms with E-state index in [-0.39, 0.29) is 5.88 Å². The van der Waals surface area contributed by atoms with Crippen LogP contribution in [-0.4, -0.2) is 4.98 Å². The smallest absolute Gasteiger partial charge is 0.181 e. The first-order valence-electron chi connectivity index (χ1n) is 4.15. The normalized spacial score (nSPS) is 10.6. The van der Waals surface area contributed by atoms with Crippen LogP contribution in [0.3, 0.4) is 0 Å². The molecular weight excluding hydrogens is 224 g/mol. The second-order valence-electron chi connectivity index (χ2n) is 2.92. The van der Waals surface area contributed by atoms with Crippen LogP contribution in [-0.2, 0) is 5.88 Å². The number of benzene rings is 1. The molecule has 0 bridgehead atoms. The largest absolute Gasteiger partial charge is 0.443 e. The summed E-state index contributed by atoms with van der Waals surface area (Å²) in [6, 6.07) is 3.12. The van der Waals surface area contributed by atoms with Gasteiger partial charge in [0.1, 0.15) is 17.3 Å². The molecule has 0 radical (unpaired) electrons. The van der Waals surface area contributed by atoms with Crippen LogP contribution < -0.4 is 0 Å². The van der Waals surface area contributed by atoms with Gasteiger partial charge in [-0.3, -0.25) is 0 Å². The van der Waals surface area contributed by atoms with Crippen LogP contribution in [0.25, 0.3) is 11.3 Å². The van der Waals surface area contributed by atoms with Crippen molar-refractivity contribution in [3.05, 3.63) is 41.9 Å². The lowest BCUT2D eigenvalue weighted by molar-refractivity contribution is 0.562. The average Bonchev–Trinajstić information content (AvgIpc) is 2.63. The van der Waals surface area contributed by atoms with E-state index in [9.17, 15) is 8.78 Å². The summed E-state index contributed by atoms with van der Waals surface area (Å²) in [7, 11) is 0. The number of alkyl halides is 1. The van der Waals surface area contributed by atoms with Gasteiger partial charge in [0.05, 0.1) is 5.88 Å². The second-order valence-corrected chi connectivity index (χ2v) is 3.19. The first-order chi connectivity index (χ1) is 7.20. The summed E-state index contributed by atoms with van der Waals surface area (Å²) in [5.74, 6) is -0.906. The van der Waals surface area contributed by atoms with Crippen molar-refractivity contribution in [1.29, 1.82) is 0 Å².